The van der Waals surface area contributed by atoms with Crippen LogP contribution in [-0.4, -0.2) is 96.7 Å². The summed E-state index contributed by atoms with van der Waals surface area (Å²) in [5.74, 6) is 0.154. The quantitative estimate of drug-likeness (QED) is 0.0169. The molecular weight excluding hydrogens is 1280 g/mol. The summed E-state index contributed by atoms with van der Waals surface area (Å²) >= 11 is 0. The Morgan fingerprint density at radius 1 is 0.337 bits per heavy atom. The maximum Gasteiger partial charge on any atom is 0.472 e. The minimum atomic E-state index is -4.97. The number of aliphatic hydroxyl groups is 1. The number of hydrogen-bond donors (Lipinski definition) is 3. The Kier molecular flexibility index (Phi) is 67.2. The molecule has 0 aliphatic rings. The van der Waals surface area contributed by atoms with E-state index in [1.165, 1.54) is 167 Å². The van der Waals surface area contributed by atoms with E-state index >= 15 is 0 Å². The van der Waals surface area contributed by atoms with E-state index < -0.39 is 97.5 Å². The van der Waals surface area contributed by atoms with Gasteiger partial charge >= 0.3 is 39.5 Å². The number of phosphoric ester groups is 2. The molecule has 0 aromatic rings. The maximum absolute atomic E-state index is 13.1. The smallest absolute Gasteiger partial charge is 0.462 e. The van der Waals surface area contributed by atoms with Crippen molar-refractivity contribution in [2.24, 2.45) is 17.8 Å². The highest BCUT2D eigenvalue weighted by Crippen LogP contribution is 2.45. The van der Waals surface area contributed by atoms with Crippen LogP contribution in [0.25, 0.3) is 0 Å². The minimum Gasteiger partial charge on any atom is -0.462 e. The molecule has 98 heavy (non-hydrogen) atoms. The molecule has 19 heteroatoms. The molecule has 0 spiro atoms. The Hall–Kier alpha value is -2.46. The molecule has 3 N–H and O–H groups in total. The molecule has 0 aliphatic carbocycles. The van der Waals surface area contributed by atoms with Gasteiger partial charge in [-0.3, -0.25) is 37.3 Å². The van der Waals surface area contributed by atoms with Gasteiger partial charge in [-0.05, 0) is 69.1 Å². The van der Waals surface area contributed by atoms with Gasteiger partial charge in [0.15, 0.2) is 12.2 Å². The average molecular weight is 1430 g/mol. The number of allylic oxidation sites excluding steroid dienone is 4. The zero-order chi connectivity index (χ0) is 72.3. The van der Waals surface area contributed by atoms with Gasteiger partial charge < -0.3 is 33.8 Å². The highest BCUT2D eigenvalue weighted by Gasteiger charge is 2.30. The van der Waals surface area contributed by atoms with E-state index in [0.717, 1.165) is 133 Å². The summed E-state index contributed by atoms with van der Waals surface area (Å²) in [4.78, 5) is 72.9. The van der Waals surface area contributed by atoms with E-state index in [1.54, 1.807) is 0 Å². The van der Waals surface area contributed by atoms with Gasteiger partial charge in [-0.2, -0.15) is 0 Å². The lowest BCUT2D eigenvalue weighted by Gasteiger charge is -2.21. The van der Waals surface area contributed by atoms with Crippen LogP contribution < -0.4 is 0 Å². The molecule has 0 amide bonds. The molecule has 0 aromatic heterocycles. The molecule has 0 bridgehead atoms. The standard InChI is InChI=1S/C79H150O17P2/c1-8-10-11-12-13-14-15-16-19-23-28-33-38-46-53-60-76(81)89-66-74(95-79(84)63-56-49-40-35-30-25-27-32-37-44-51-58-71(5)6)68-93-97(85,86)91-64-73(80)65-92-98(87,88)94-69-75(67-90-77(82)61-54-47-42-41-45-52-59-72(7)9-2)96-78(83)62-55-48-39-34-29-24-21-18-17-20-22-26-31-36-43-50-57-70(3)4/h14-16,19,70-75,80H,8-13,17-18,20-69H2,1-7H3,(H,85,86)(H,87,88)/b15-14-,19-16-/t72?,73-,74-,75-/m1/s1. The number of aliphatic hydroxyl groups excluding tert-OH is 1. The number of carbonyl (C=O) groups is 4. The van der Waals surface area contributed by atoms with E-state index in [-0.39, 0.29) is 25.7 Å². The second-order valence-corrected chi connectivity index (χ2v) is 31.9. The number of phosphoric acid groups is 2. The molecule has 0 saturated carbocycles. The topological polar surface area (TPSA) is 237 Å². The van der Waals surface area contributed by atoms with Gasteiger partial charge in [0, 0.05) is 25.7 Å². The van der Waals surface area contributed by atoms with Crippen molar-refractivity contribution in [3.8, 4) is 0 Å². The first-order valence-corrected chi connectivity index (χ1v) is 43.2. The second-order valence-electron chi connectivity index (χ2n) is 29.0. The molecule has 17 nitrogen and oxygen atoms in total. The molecule has 578 valence electrons. The third kappa shape index (κ3) is 70.6. The Morgan fingerprint density at radius 2 is 0.602 bits per heavy atom. The SMILES string of the molecule is CCCCCC/C=C\C=C/CCCCCCCC(=O)OC[C@H](COP(=O)(O)OC[C@@H](O)COP(=O)(O)OC[C@@H](COC(=O)CCCCCCCCC(C)CC)OC(=O)CCCCCCCCCCCCCCCCCCC(C)C)OC(=O)CCCCCCCCCCCCCC(C)C. The Bertz CT molecular complexity index is 2000. The molecule has 0 heterocycles. The van der Waals surface area contributed by atoms with Crippen molar-refractivity contribution >= 4 is 39.5 Å². The number of unbranched alkanes of at least 4 members (excludes halogenated alkanes) is 39. The van der Waals surface area contributed by atoms with Crippen LogP contribution in [0.4, 0.5) is 0 Å². The van der Waals surface area contributed by atoms with E-state index in [9.17, 15) is 43.2 Å². The molecular formula is C79H150O17P2. The largest absolute Gasteiger partial charge is 0.472 e. The average Bonchev–Trinajstić information content (AvgIpc) is 2.57. The van der Waals surface area contributed by atoms with Crippen molar-refractivity contribution < 1.29 is 80.2 Å². The molecule has 0 saturated heterocycles. The van der Waals surface area contributed by atoms with Crippen LogP contribution >= 0.6 is 15.6 Å². The molecule has 0 aliphatic heterocycles. The van der Waals surface area contributed by atoms with Crippen molar-refractivity contribution in [2.75, 3.05) is 39.6 Å². The summed E-state index contributed by atoms with van der Waals surface area (Å²) in [6.45, 7) is 11.8. The fourth-order valence-corrected chi connectivity index (χ4v) is 13.1. The van der Waals surface area contributed by atoms with Crippen molar-refractivity contribution in [1.82, 2.24) is 0 Å². The molecule has 0 radical (unpaired) electrons. The second kappa shape index (κ2) is 68.9. The predicted octanol–water partition coefficient (Wildman–Crippen LogP) is 22.9. The lowest BCUT2D eigenvalue weighted by atomic mass is 10.00. The molecule has 0 rings (SSSR count). The summed E-state index contributed by atoms with van der Waals surface area (Å²) < 4.78 is 68.6. The molecule has 3 unspecified atom stereocenters. The Balaban J connectivity index is 5.26. The van der Waals surface area contributed by atoms with Crippen LogP contribution in [0.5, 0.6) is 0 Å². The first-order chi connectivity index (χ1) is 47.3. The fraction of sp³-hybridized carbons (Fsp3) is 0.899. The fourth-order valence-electron chi connectivity index (χ4n) is 11.6. The van der Waals surface area contributed by atoms with Crippen LogP contribution in [0, 0.1) is 17.8 Å². The van der Waals surface area contributed by atoms with Crippen molar-refractivity contribution in [3.63, 3.8) is 0 Å². The number of hydrogen-bond acceptors (Lipinski definition) is 15. The summed E-state index contributed by atoms with van der Waals surface area (Å²) in [6.07, 6.45) is 59.1. The normalized spacial score (nSPS) is 14.4. The van der Waals surface area contributed by atoms with Crippen LogP contribution in [0.2, 0.25) is 0 Å². The lowest BCUT2D eigenvalue weighted by molar-refractivity contribution is -0.161. The summed E-state index contributed by atoms with van der Waals surface area (Å²) in [6, 6.07) is 0. The third-order valence-corrected chi connectivity index (χ3v) is 20.0. The van der Waals surface area contributed by atoms with E-state index in [1.807, 2.05) is 0 Å². The van der Waals surface area contributed by atoms with Gasteiger partial charge in [0.2, 0.25) is 0 Å². The Morgan fingerprint density at radius 3 is 0.908 bits per heavy atom. The Labute approximate surface area is 599 Å². The third-order valence-electron chi connectivity index (χ3n) is 18.1. The predicted molar refractivity (Wildman–Crippen MR) is 400 cm³/mol. The van der Waals surface area contributed by atoms with Gasteiger partial charge in [-0.15, -0.1) is 0 Å². The van der Waals surface area contributed by atoms with Gasteiger partial charge in [0.25, 0.3) is 0 Å². The van der Waals surface area contributed by atoms with Gasteiger partial charge in [0.05, 0.1) is 26.4 Å². The first-order valence-electron chi connectivity index (χ1n) is 40.2. The lowest BCUT2D eigenvalue weighted by Crippen LogP contribution is -2.30. The minimum absolute atomic E-state index is 0.0993. The van der Waals surface area contributed by atoms with Crippen LogP contribution in [-0.2, 0) is 65.4 Å². The number of carbonyl (C=O) groups excluding carboxylic acids is 4. The van der Waals surface area contributed by atoms with Crippen molar-refractivity contribution in [3.05, 3.63) is 24.3 Å². The van der Waals surface area contributed by atoms with Gasteiger partial charge in [0.1, 0.15) is 19.3 Å². The number of ether oxygens (including phenoxy) is 4. The highest BCUT2D eigenvalue weighted by atomic mass is 31.2. The number of esters is 4. The van der Waals surface area contributed by atoms with E-state index in [0.29, 0.717) is 25.7 Å². The summed E-state index contributed by atoms with van der Waals surface area (Å²) in [7, 11) is -9.93. The van der Waals surface area contributed by atoms with E-state index in [2.05, 4.69) is 72.8 Å². The monoisotopic (exact) mass is 1430 g/mol. The molecule has 6 atom stereocenters. The van der Waals surface area contributed by atoms with Crippen molar-refractivity contribution in [2.45, 2.75) is 401 Å². The van der Waals surface area contributed by atoms with Gasteiger partial charge in [-0.1, -0.05) is 330 Å². The van der Waals surface area contributed by atoms with E-state index in [4.69, 9.17) is 37.0 Å². The zero-order valence-electron chi connectivity index (χ0n) is 63.7. The number of rotatable bonds is 75. The van der Waals surface area contributed by atoms with Crippen molar-refractivity contribution in [1.29, 1.82) is 0 Å². The van der Waals surface area contributed by atoms with Gasteiger partial charge in [-0.25, -0.2) is 9.13 Å². The first kappa shape index (κ1) is 95.5. The summed E-state index contributed by atoms with van der Waals surface area (Å²) in [5.41, 5.74) is 0. The zero-order valence-corrected chi connectivity index (χ0v) is 65.5. The summed E-state index contributed by atoms with van der Waals surface area (Å²) in [5, 5.41) is 10.6. The molecule has 0 aromatic carbocycles. The molecule has 0 fully saturated rings. The highest BCUT2D eigenvalue weighted by molar-refractivity contribution is 7.47. The maximum atomic E-state index is 13.1. The van der Waals surface area contributed by atoms with Crippen LogP contribution in [0.3, 0.4) is 0 Å². The van der Waals surface area contributed by atoms with Crippen LogP contribution in [0.1, 0.15) is 382 Å². The van der Waals surface area contributed by atoms with Crippen LogP contribution in [0.15, 0.2) is 24.3 Å².